The van der Waals surface area contributed by atoms with Gasteiger partial charge in [0, 0.05) is 13.2 Å². The van der Waals surface area contributed by atoms with Crippen LogP contribution in [0.1, 0.15) is 36.1 Å². The lowest BCUT2D eigenvalue weighted by Gasteiger charge is -2.22. The van der Waals surface area contributed by atoms with Crippen LogP contribution in [0.2, 0.25) is 0 Å². The molecule has 94 valence electrons. The quantitative estimate of drug-likeness (QED) is 0.821. The Morgan fingerprint density at radius 1 is 1.59 bits per heavy atom. The molecule has 1 amide bonds. The van der Waals surface area contributed by atoms with Gasteiger partial charge in [0.2, 0.25) is 0 Å². The molecule has 5 heteroatoms. The predicted molar refractivity (Wildman–Crippen MR) is 62.5 cm³/mol. The van der Waals surface area contributed by atoms with Gasteiger partial charge in [-0.2, -0.15) is 0 Å². The SMILES string of the molecule is CC1(CNC(=O)c2ccc(CN)o2)CCCO1. The van der Waals surface area contributed by atoms with Gasteiger partial charge in [0.05, 0.1) is 12.1 Å². The minimum absolute atomic E-state index is 0.221. The van der Waals surface area contributed by atoms with Gasteiger partial charge in [-0.3, -0.25) is 4.79 Å². The maximum absolute atomic E-state index is 11.8. The van der Waals surface area contributed by atoms with Gasteiger partial charge in [-0.15, -0.1) is 0 Å². The van der Waals surface area contributed by atoms with Crippen molar-refractivity contribution in [2.24, 2.45) is 5.73 Å². The molecule has 2 rings (SSSR count). The molecule has 1 fully saturated rings. The van der Waals surface area contributed by atoms with Crippen molar-refractivity contribution in [1.82, 2.24) is 5.32 Å². The molecule has 0 spiro atoms. The number of ether oxygens (including phenoxy) is 1. The first kappa shape index (κ1) is 12.1. The van der Waals surface area contributed by atoms with Crippen LogP contribution in [0.25, 0.3) is 0 Å². The van der Waals surface area contributed by atoms with Crippen LogP contribution in [-0.2, 0) is 11.3 Å². The molecule has 0 bridgehead atoms. The highest BCUT2D eigenvalue weighted by molar-refractivity contribution is 5.91. The Morgan fingerprint density at radius 2 is 2.41 bits per heavy atom. The van der Waals surface area contributed by atoms with Gasteiger partial charge in [-0.25, -0.2) is 0 Å². The van der Waals surface area contributed by atoms with E-state index in [1.807, 2.05) is 6.92 Å². The smallest absolute Gasteiger partial charge is 0.287 e. The van der Waals surface area contributed by atoms with Crippen LogP contribution < -0.4 is 11.1 Å². The van der Waals surface area contributed by atoms with E-state index in [0.29, 0.717) is 24.6 Å². The predicted octanol–water partition coefficient (Wildman–Crippen LogP) is 1.04. The Balaban J connectivity index is 1.88. The molecule has 1 unspecified atom stereocenters. The van der Waals surface area contributed by atoms with Crippen molar-refractivity contribution < 1.29 is 13.9 Å². The summed E-state index contributed by atoms with van der Waals surface area (Å²) in [6, 6.07) is 3.35. The highest BCUT2D eigenvalue weighted by Crippen LogP contribution is 2.24. The molecule has 1 aliphatic rings. The maximum Gasteiger partial charge on any atom is 0.287 e. The molecule has 17 heavy (non-hydrogen) atoms. The molecule has 2 heterocycles. The van der Waals surface area contributed by atoms with E-state index in [0.717, 1.165) is 19.4 Å². The second kappa shape index (κ2) is 4.89. The number of carbonyl (C=O) groups is 1. The van der Waals surface area contributed by atoms with Crippen molar-refractivity contribution in [2.75, 3.05) is 13.2 Å². The summed E-state index contributed by atoms with van der Waals surface area (Å²) in [7, 11) is 0. The Bertz CT molecular complexity index is 394. The van der Waals surface area contributed by atoms with Crippen LogP contribution in [0.3, 0.4) is 0 Å². The highest BCUT2D eigenvalue weighted by Gasteiger charge is 2.30. The van der Waals surface area contributed by atoms with E-state index in [1.165, 1.54) is 0 Å². The van der Waals surface area contributed by atoms with Crippen molar-refractivity contribution in [3.8, 4) is 0 Å². The summed E-state index contributed by atoms with van der Waals surface area (Å²) in [5.74, 6) is 0.687. The number of nitrogens with two attached hydrogens (primary N) is 1. The number of hydrogen-bond acceptors (Lipinski definition) is 4. The molecule has 1 aliphatic heterocycles. The molecular formula is C12H18N2O3. The number of carbonyl (C=O) groups excluding carboxylic acids is 1. The van der Waals surface area contributed by atoms with Gasteiger partial charge >= 0.3 is 0 Å². The number of hydrogen-bond donors (Lipinski definition) is 2. The Kier molecular flexibility index (Phi) is 3.49. The topological polar surface area (TPSA) is 77.5 Å². The molecular weight excluding hydrogens is 220 g/mol. The van der Waals surface area contributed by atoms with E-state index in [-0.39, 0.29) is 11.5 Å². The minimum atomic E-state index is -0.237. The van der Waals surface area contributed by atoms with Gasteiger partial charge in [0.15, 0.2) is 5.76 Å². The Hall–Kier alpha value is -1.33. The number of furan rings is 1. The third-order valence-electron chi connectivity index (χ3n) is 3.01. The van der Waals surface area contributed by atoms with Gasteiger partial charge in [0.25, 0.3) is 5.91 Å². The van der Waals surface area contributed by atoms with E-state index < -0.39 is 0 Å². The fourth-order valence-electron chi connectivity index (χ4n) is 1.94. The fraction of sp³-hybridized carbons (Fsp3) is 0.583. The Morgan fingerprint density at radius 3 is 3.00 bits per heavy atom. The molecule has 0 aromatic carbocycles. The zero-order valence-corrected chi connectivity index (χ0v) is 9.99. The largest absolute Gasteiger partial charge is 0.455 e. The summed E-state index contributed by atoms with van der Waals surface area (Å²) in [5.41, 5.74) is 5.18. The van der Waals surface area contributed by atoms with Crippen LogP contribution in [-0.4, -0.2) is 24.7 Å². The lowest BCUT2D eigenvalue weighted by molar-refractivity contribution is 0.0203. The van der Waals surface area contributed by atoms with Gasteiger partial charge in [-0.05, 0) is 31.9 Å². The Labute approximate surface area is 100 Å². The second-order valence-corrected chi connectivity index (χ2v) is 4.55. The zero-order valence-electron chi connectivity index (χ0n) is 9.99. The summed E-state index contributed by atoms with van der Waals surface area (Å²) in [4.78, 5) is 11.8. The van der Waals surface area contributed by atoms with E-state index in [4.69, 9.17) is 14.9 Å². The third-order valence-corrected chi connectivity index (χ3v) is 3.01. The van der Waals surface area contributed by atoms with Crippen molar-refractivity contribution in [3.05, 3.63) is 23.7 Å². The zero-order chi connectivity index (χ0) is 12.3. The average molecular weight is 238 g/mol. The van der Waals surface area contributed by atoms with Crippen molar-refractivity contribution >= 4 is 5.91 Å². The minimum Gasteiger partial charge on any atom is -0.455 e. The molecule has 3 N–H and O–H groups in total. The lowest BCUT2D eigenvalue weighted by Crippen LogP contribution is -2.40. The van der Waals surface area contributed by atoms with Gasteiger partial charge in [0.1, 0.15) is 5.76 Å². The molecule has 0 aliphatic carbocycles. The summed E-state index contributed by atoms with van der Waals surface area (Å²) in [5, 5.41) is 2.82. The third kappa shape index (κ3) is 2.87. The van der Waals surface area contributed by atoms with Crippen LogP contribution in [0.15, 0.2) is 16.5 Å². The summed E-state index contributed by atoms with van der Waals surface area (Å²) < 4.78 is 10.9. The highest BCUT2D eigenvalue weighted by atomic mass is 16.5. The molecule has 0 saturated carbocycles. The molecule has 5 nitrogen and oxygen atoms in total. The first-order chi connectivity index (χ1) is 8.13. The summed E-state index contributed by atoms with van der Waals surface area (Å²) >= 11 is 0. The molecule has 1 aromatic heterocycles. The number of nitrogens with one attached hydrogen (secondary N) is 1. The number of rotatable bonds is 4. The monoisotopic (exact) mass is 238 g/mol. The van der Waals surface area contributed by atoms with E-state index in [1.54, 1.807) is 12.1 Å². The normalized spacial score (nSPS) is 23.9. The average Bonchev–Trinajstić information content (AvgIpc) is 2.95. The summed E-state index contributed by atoms with van der Waals surface area (Å²) in [6.07, 6.45) is 2.02. The first-order valence-electron chi connectivity index (χ1n) is 5.84. The van der Waals surface area contributed by atoms with Crippen molar-refractivity contribution in [3.63, 3.8) is 0 Å². The van der Waals surface area contributed by atoms with Gasteiger partial charge < -0.3 is 20.2 Å². The number of amides is 1. The van der Waals surface area contributed by atoms with Crippen LogP contribution in [0.5, 0.6) is 0 Å². The van der Waals surface area contributed by atoms with Crippen LogP contribution >= 0.6 is 0 Å². The van der Waals surface area contributed by atoms with Gasteiger partial charge in [-0.1, -0.05) is 0 Å². The van der Waals surface area contributed by atoms with E-state index in [2.05, 4.69) is 5.32 Å². The molecule has 1 aromatic rings. The van der Waals surface area contributed by atoms with E-state index in [9.17, 15) is 4.79 Å². The standard InChI is InChI=1S/C12H18N2O3/c1-12(5-2-6-16-12)8-14-11(15)10-4-3-9(7-13)17-10/h3-4H,2,5-8,13H2,1H3,(H,14,15). The summed E-state index contributed by atoms with van der Waals surface area (Å²) in [6.45, 7) is 3.58. The van der Waals surface area contributed by atoms with E-state index >= 15 is 0 Å². The molecule has 0 radical (unpaired) electrons. The molecule has 1 saturated heterocycles. The van der Waals surface area contributed by atoms with Crippen molar-refractivity contribution in [1.29, 1.82) is 0 Å². The van der Waals surface area contributed by atoms with Crippen LogP contribution in [0, 0.1) is 0 Å². The molecule has 1 atom stereocenters. The van der Waals surface area contributed by atoms with Crippen LogP contribution in [0.4, 0.5) is 0 Å². The fourth-order valence-corrected chi connectivity index (χ4v) is 1.94. The maximum atomic E-state index is 11.8. The first-order valence-corrected chi connectivity index (χ1v) is 5.84. The van der Waals surface area contributed by atoms with Crippen molar-refractivity contribution in [2.45, 2.75) is 31.9 Å². The lowest BCUT2D eigenvalue weighted by atomic mass is 10.0. The second-order valence-electron chi connectivity index (χ2n) is 4.55.